The molecule has 0 fully saturated rings. The molecule has 2 N–H and O–H groups in total. The number of primary amides is 1. The molecular weight excluding hydrogens is 424 g/mol. The Morgan fingerprint density at radius 2 is 2.08 bits per heavy atom. The molecule has 2 rings (SSSR count). The van der Waals surface area contributed by atoms with Gasteiger partial charge in [-0.2, -0.15) is 0 Å². The zero-order chi connectivity index (χ0) is 17.5. The average molecular weight is 441 g/mol. The molecule has 0 heterocycles. The Labute approximate surface area is 153 Å². The molecule has 0 atom stereocenters. The van der Waals surface area contributed by atoms with Gasteiger partial charge in [-0.05, 0) is 71.0 Å². The van der Waals surface area contributed by atoms with Crippen LogP contribution in [0.15, 0.2) is 42.5 Å². The van der Waals surface area contributed by atoms with E-state index in [0.29, 0.717) is 18.1 Å². The summed E-state index contributed by atoms with van der Waals surface area (Å²) in [6.07, 6.45) is 2.90. The molecule has 0 aromatic heterocycles. The molecule has 0 unspecified atom stereocenters. The van der Waals surface area contributed by atoms with Gasteiger partial charge in [0.15, 0.2) is 11.5 Å². The van der Waals surface area contributed by atoms with Crippen molar-refractivity contribution in [2.45, 2.75) is 13.5 Å². The van der Waals surface area contributed by atoms with E-state index in [1.807, 2.05) is 13.0 Å². The van der Waals surface area contributed by atoms with E-state index in [-0.39, 0.29) is 12.4 Å². The minimum atomic E-state index is -0.519. The minimum Gasteiger partial charge on any atom is -0.490 e. The Balaban J connectivity index is 2.25. The van der Waals surface area contributed by atoms with E-state index in [9.17, 15) is 9.18 Å². The standard InChI is InChI=1S/C18H17FINO3/c1-2-23-16-10-12(6-7-17(21)22)9-15(20)18(16)24-11-13-4-3-5-14(19)8-13/h3-10H,2,11H2,1H3,(H2,21,22). The highest BCUT2D eigenvalue weighted by Gasteiger charge is 2.12. The van der Waals surface area contributed by atoms with Crippen LogP contribution in [0.4, 0.5) is 4.39 Å². The molecule has 0 aliphatic carbocycles. The lowest BCUT2D eigenvalue weighted by Gasteiger charge is -2.15. The van der Waals surface area contributed by atoms with E-state index < -0.39 is 5.91 Å². The van der Waals surface area contributed by atoms with Crippen molar-refractivity contribution in [1.82, 2.24) is 0 Å². The maximum Gasteiger partial charge on any atom is 0.241 e. The van der Waals surface area contributed by atoms with Gasteiger partial charge in [0.05, 0.1) is 10.2 Å². The van der Waals surface area contributed by atoms with Crippen LogP contribution >= 0.6 is 22.6 Å². The first-order chi connectivity index (χ1) is 11.5. The van der Waals surface area contributed by atoms with Gasteiger partial charge in [0.2, 0.25) is 5.91 Å². The lowest BCUT2D eigenvalue weighted by molar-refractivity contribution is -0.113. The van der Waals surface area contributed by atoms with E-state index >= 15 is 0 Å². The molecule has 0 radical (unpaired) electrons. The van der Waals surface area contributed by atoms with Crippen molar-refractivity contribution in [3.05, 3.63) is 63.0 Å². The number of carbonyl (C=O) groups excluding carboxylic acids is 1. The van der Waals surface area contributed by atoms with Gasteiger partial charge in [-0.3, -0.25) is 4.79 Å². The highest BCUT2D eigenvalue weighted by molar-refractivity contribution is 14.1. The van der Waals surface area contributed by atoms with Gasteiger partial charge in [-0.1, -0.05) is 12.1 Å². The Morgan fingerprint density at radius 3 is 2.75 bits per heavy atom. The van der Waals surface area contributed by atoms with Crippen molar-refractivity contribution in [3.63, 3.8) is 0 Å². The molecule has 0 aliphatic heterocycles. The van der Waals surface area contributed by atoms with Crippen LogP contribution in [0.3, 0.4) is 0 Å². The topological polar surface area (TPSA) is 61.5 Å². The highest BCUT2D eigenvalue weighted by atomic mass is 127. The zero-order valence-electron chi connectivity index (χ0n) is 13.1. The van der Waals surface area contributed by atoms with Crippen molar-refractivity contribution in [3.8, 4) is 11.5 Å². The number of halogens is 2. The fourth-order valence-corrected chi connectivity index (χ4v) is 2.83. The summed E-state index contributed by atoms with van der Waals surface area (Å²) in [7, 11) is 0. The molecule has 4 nitrogen and oxygen atoms in total. The van der Waals surface area contributed by atoms with Gasteiger partial charge in [0.1, 0.15) is 12.4 Å². The molecule has 2 aromatic carbocycles. The summed E-state index contributed by atoms with van der Waals surface area (Å²) >= 11 is 2.13. The van der Waals surface area contributed by atoms with Crippen LogP contribution in [0, 0.1) is 9.39 Å². The fourth-order valence-electron chi connectivity index (χ4n) is 2.05. The number of nitrogens with two attached hydrogens (primary N) is 1. The number of amides is 1. The van der Waals surface area contributed by atoms with Gasteiger partial charge in [0, 0.05) is 6.08 Å². The van der Waals surface area contributed by atoms with Gasteiger partial charge in [-0.15, -0.1) is 0 Å². The summed E-state index contributed by atoms with van der Waals surface area (Å²) in [5.74, 6) is 0.319. The number of rotatable bonds is 7. The third kappa shape index (κ3) is 5.23. The van der Waals surface area contributed by atoms with Crippen LogP contribution in [0.2, 0.25) is 0 Å². The van der Waals surface area contributed by atoms with E-state index in [1.54, 1.807) is 24.3 Å². The Bertz CT molecular complexity index is 762. The number of hydrogen-bond donors (Lipinski definition) is 1. The SMILES string of the molecule is CCOc1cc(C=CC(N)=O)cc(I)c1OCc1cccc(F)c1. The third-order valence-electron chi connectivity index (χ3n) is 3.04. The van der Waals surface area contributed by atoms with Crippen molar-refractivity contribution in [2.75, 3.05) is 6.61 Å². The highest BCUT2D eigenvalue weighted by Crippen LogP contribution is 2.35. The largest absolute Gasteiger partial charge is 0.490 e. The molecule has 0 spiro atoms. The quantitative estimate of drug-likeness (QED) is 0.524. The monoisotopic (exact) mass is 441 g/mol. The van der Waals surface area contributed by atoms with E-state index in [4.69, 9.17) is 15.2 Å². The van der Waals surface area contributed by atoms with Crippen LogP contribution in [0.5, 0.6) is 11.5 Å². The number of hydrogen-bond acceptors (Lipinski definition) is 3. The van der Waals surface area contributed by atoms with Crippen LogP contribution in [-0.4, -0.2) is 12.5 Å². The van der Waals surface area contributed by atoms with Gasteiger partial charge < -0.3 is 15.2 Å². The van der Waals surface area contributed by atoms with E-state index in [2.05, 4.69) is 22.6 Å². The Hall–Kier alpha value is -2.09. The number of benzene rings is 2. The van der Waals surface area contributed by atoms with Crippen molar-refractivity contribution in [2.24, 2.45) is 5.73 Å². The second-order valence-electron chi connectivity index (χ2n) is 4.92. The smallest absolute Gasteiger partial charge is 0.241 e. The first-order valence-electron chi connectivity index (χ1n) is 7.30. The predicted molar refractivity (Wildman–Crippen MR) is 99.3 cm³/mol. The van der Waals surface area contributed by atoms with Crippen LogP contribution in [-0.2, 0) is 11.4 Å². The molecular formula is C18H17FINO3. The summed E-state index contributed by atoms with van der Waals surface area (Å²) in [6, 6.07) is 9.87. The van der Waals surface area contributed by atoms with Crippen molar-refractivity contribution in [1.29, 1.82) is 0 Å². The molecule has 0 saturated carbocycles. The third-order valence-corrected chi connectivity index (χ3v) is 3.85. The molecule has 2 aromatic rings. The molecule has 6 heteroatoms. The minimum absolute atomic E-state index is 0.226. The van der Waals surface area contributed by atoms with Gasteiger partial charge in [-0.25, -0.2) is 4.39 Å². The molecule has 0 aliphatic rings. The molecule has 0 saturated heterocycles. The van der Waals surface area contributed by atoms with Crippen molar-refractivity contribution >= 4 is 34.6 Å². The van der Waals surface area contributed by atoms with E-state index in [1.165, 1.54) is 18.2 Å². The first kappa shape index (κ1) is 18.3. The lowest BCUT2D eigenvalue weighted by atomic mass is 10.2. The summed E-state index contributed by atoms with van der Waals surface area (Å²) in [5.41, 5.74) is 6.62. The number of ether oxygens (including phenoxy) is 2. The molecule has 0 bridgehead atoms. The second-order valence-corrected chi connectivity index (χ2v) is 6.08. The molecule has 126 valence electrons. The molecule has 1 amide bonds. The Morgan fingerprint density at radius 1 is 1.29 bits per heavy atom. The average Bonchev–Trinajstić information content (AvgIpc) is 2.52. The zero-order valence-corrected chi connectivity index (χ0v) is 15.2. The second kappa shape index (κ2) is 8.68. The predicted octanol–water partition coefficient (Wildman–Crippen LogP) is 3.91. The van der Waals surface area contributed by atoms with Crippen LogP contribution < -0.4 is 15.2 Å². The van der Waals surface area contributed by atoms with Crippen LogP contribution in [0.1, 0.15) is 18.1 Å². The maximum atomic E-state index is 13.2. The summed E-state index contributed by atoms with van der Waals surface area (Å²) in [4.78, 5) is 10.9. The normalized spacial score (nSPS) is 10.8. The maximum absolute atomic E-state index is 13.2. The van der Waals surface area contributed by atoms with E-state index in [0.717, 1.165) is 14.7 Å². The van der Waals surface area contributed by atoms with Crippen LogP contribution in [0.25, 0.3) is 6.08 Å². The lowest BCUT2D eigenvalue weighted by Crippen LogP contribution is -2.05. The van der Waals surface area contributed by atoms with Crippen molar-refractivity contribution < 1.29 is 18.7 Å². The van der Waals surface area contributed by atoms with Gasteiger partial charge >= 0.3 is 0 Å². The first-order valence-corrected chi connectivity index (χ1v) is 8.38. The Kier molecular flexibility index (Phi) is 6.60. The summed E-state index contributed by atoms with van der Waals surface area (Å²) < 4.78 is 25.5. The summed E-state index contributed by atoms with van der Waals surface area (Å²) in [5, 5.41) is 0. The molecule has 24 heavy (non-hydrogen) atoms. The number of carbonyl (C=O) groups is 1. The van der Waals surface area contributed by atoms with Gasteiger partial charge in [0.25, 0.3) is 0 Å². The summed E-state index contributed by atoms with van der Waals surface area (Å²) in [6.45, 7) is 2.56. The fraction of sp³-hybridized carbons (Fsp3) is 0.167.